The Morgan fingerprint density at radius 2 is 1.68 bits per heavy atom. The molecule has 0 aliphatic rings. The number of anilines is 1. The van der Waals surface area contributed by atoms with Crippen LogP contribution in [0.5, 0.6) is 0 Å². The van der Waals surface area contributed by atoms with Gasteiger partial charge in [-0.15, -0.1) is 12.4 Å². The normalized spacial score (nSPS) is 11.9. The molecule has 3 rings (SSSR count). The fraction of sp³-hybridized carbons (Fsp3) is 0.231. The van der Waals surface area contributed by atoms with E-state index in [4.69, 9.17) is 11.6 Å². The Morgan fingerprint density at radius 3 is 2.30 bits per heavy atom. The number of carboxylic acids is 1. The van der Waals surface area contributed by atoms with Crippen LogP contribution in [0.15, 0.2) is 76.5 Å². The van der Waals surface area contributed by atoms with Crippen LogP contribution in [0.3, 0.4) is 0 Å². The van der Waals surface area contributed by atoms with Crippen LogP contribution in [-0.4, -0.2) is 43.6 Å². The van der Waals surface area contributed by atoms with E-state index < -0.39 is 21.9 Å². The average Bonchev–Trinajstić information content (AvgIpc) is 2.86. The number of aliphatic hydroxyl groups is 1. The van der Waals surface area contributed by atoms with Crippen molar-refractivity contribution in [2.75, 3.05) is 18.4 Å². The molecule has 11 heteroatoms. The fourth-order valence-electron chi connectivity index (χ4n) is 3.49. The summed E-state index contributed by atoms with van der Waals surface area (Å²) in [5.74, 6) is -1.72. The van der Waals surface area contributed by atoms with E-state index in [0.717, 1.165) is 17.2 Å². The molecule has 0 bridgehead atoms. The Morgan fingerprint density at radius 1 is 1.00 bits per heavy atom. The van der Waals surface area contributed by atoms with Crippen LogP contribution in [0.4, 0.5) is 5.69 Å². The van der Waals surface area contributed by atoms with E-state index in [1.165, 1.54) is 24.3 Å². The van der Waals surface area contributed by atoms with Crippen LogP contribution in [-0.2, 0) is 21.1 Å². The predicted octanol–water partition coefficient (Wildman–Crippen LogP) is 4.51. The van der Waals surface area contributed by atoms with Gasteiger partial charge >= 0.3 is 5.97 Å². The number of benzene rings is 3. The van der Waals surface area contributed by atoms with Crippen molar-refractivity contribution in [2.45, 2.75) is 35.7 Å². The van der Waals surface area contributed by atoms with E-state index in [1.807, 2.05) is 0 Å². The van der Waals surface area contributed by atoms with Crippen LogP contribution >= 0.6 is 24.0 Å². The first-order valence-corrected chi connectivity index (χ1v) is 13.1. The first-order valence-electron chi connectivity index (χ1n) is 11.3. The Kier molecular flexibility index (Phi) is 11.1. The van der Waals surface area contributed by atoms with E-state index >= 15 is 0 Å². The quantitative estimate of drug-likeness (QED) is 0.251. The van der Waals surface area contributed by atoms with Gasteiger partial charge in [-0.3, -0.25) is 4.79 Å². The van der Waals surface area contributed by atoms with Crippen molar-refractivity contribution < 1.29 is 28.2 Å². The summed E-state index contributed by atoms with van der Waals surface area (Å²) < 4.78 is 26.1. The van der Waals surface area contributed by atoms with Crippen molar-refractivity contribution in [3.8, 4) is 0 Å². The van der Waals surface area contributed by atoms with Crippen molar-refractivity contribution in [1.82, 2.24) is 5.32 Å². The third kappa shape index (κ3) is 8.02. The number of rotatable bonds is 11. The van der Waals surface area contributed by atoms with E-state index in [0.29, 0.717) is 24.5 Å². The molecule has 37 heavy (non-hydrogen) atoms. The highest BCUT2D eigenvalue weighted by atomic mass is 35.5. The zero-order valence-electron chi connectivity index (χ0n) is 20.0. The van der Waals surface area contributed by atoms with Gasteiger partial charge in [-0.1, -0.05) is 42.8 Å². The lowest BCUT2D eigenvalue weighted by atomic mass is 10.1. The Hall–Kier alpha value is -2.95. The summed E-state index contributed by atoms with van der Waals surface area (Å²) in [5.41, 5.74) is 1.34. The summed E-state index contributed by atoms with van der Waals surface area (Å²) in [7, 11) is -3.97. The lowest BCUT2D eigenvalue weighted by Crippen LogP contribution is -2.23. The number of hydrogen-bond donors (Lipinski definition) is 4. The third-order valence-electron chi connectivity index (χ3n) is 5.52. The molecular weight excluding hydrogens is 539 g/mol. The minimum atomic E-state index is -3.97. The molecule has 0 saturated carbocycles. The van der Waals surface area contributed by atoms with E-state index in [1.54, 1.807) is 43.3 Å². The van der Waals surface area contributed by atoms with Crippen molar-refractivity contribution >= 4 is 51.4 Å². The number of carbonyl (C=O) groups is 2. The second kappa shape index (κ2) is 13.6. The molecule has 0 heterocycles. The molecule has 0 fully saturated rings. The van der Waals surface area contributed by atoms with Gasteiger partial charge < -0.3 is 20.8 Å². The van der Waals surface area contributed by atoms with Crippen LogP contribution in [0.2, 0.25) is 5.02 Å². The Labute approximate surface area is 227 Å². The second-order valence-electron chi connectivity index (χ2n) is 8.09. The second-order valence-corrected chi connectivity index (χ2v) is 10.5. The maximum absolute atomic E-state index is 13.1. The summed E-state index contributed by atoms with van der Waals surface area (Å²) in [4.78, 5) is 23.1. The Balaban J connectivity index is 0.00000481. The number of amides is 1. The van der Waals surface area contributed by atoms with Crippen LogP contribution < -0.4 is 10.6 Å². The number of nitrogens with one attached hydrogen (secondary N) is 2. The smallest absolute Gasteiger partial charge is 0.337 e. The van der Waals surface area contributed by atoms with Crippen LogP contribution in [0, 0.1) is 0 Å². The SMILES string of the molecule is CCC(=O)Nc1ccc(S(=O)(=O)c2ccc(CCNC[C@H](O)c3cccc(Cl)c3)cc2)cc1C(=O)O.Cl. The van der Waals surface area contributed by atoms with Crippen molar-refractivity contribution in [1.29, 1.82) is 0 Å². The van der Waals surface area contributed by atoms with E-state index in [2.05, 4.69) is 10.6 Å². The van der Waals surface area contributed by atoms with E-state index in [-0.39, 0.29) is 45.8 Å². The van der Waals surface area contributed by atoms with E-state index in [9.17, 15) is 28.2 Å². The topological polar surface area (TPSA) is 133 Å². The number of halogens is 2. The summed E-state index contributed by atoms with van der Waals surface area (Å²) >= 11 is 5.95. The molecule has 3 aromatic carbocycles. The molecule has 1 atom stereocenters. The van der Waals surface area contributed by atoms with Gasteiger partial charge in [0.15, 0.2) is 0 Å². The summed E-state index contributed by atoms with van der Waals surface area (Å²) in [5, 5.41) is 25.9. The largest absolute Gasteiger partial charge is 0.478 e. The van der Waals surface area contributed by atoms with Gasteiger partial charge in [0.2, 0.25) is 15.7 Å². The summed E-state index contributed by atoms with van der Waals surface area (Å²) in [6.45, 7) is 2.53. The van der Waals surface area contributed by atoms with Crippen LogP contribution in [0.25, 0.3) is 0 Å². The van der Waals surface area contributed by atoms with Gasteiger partial charge in [0.05, 0.1) is 27.1 Å². The van der Waals surface area contributed by atoms with Crippen molar-refractivity contribution in [3.63, 3.8) is 0 Å². The monoisotopic (exact) mass is 566 g/mol. The Bertz CT molecular complexity index is 1350. The number of aromatic carboxylic acids is 1. The molecule has 0 aliphatic heterocycles. The molecule has 0 spiro atoms. The van der Waals surface area contributed by atoms with Gasteiger partial charge in [-0.2, -0.15) is 0 Å². The van der Waals surface area contributed by atoms with Crippen LogP contribution in [0.1, 0.15) is 40.9 Å². The zero-order valence-corrected chi connectivity index (χ0v) is 22.4. The fourth-order valence-corrected chi connectivity index (χ4v) is 4.98. The molecule has 0 aliphatic carbocycles. The van der Waals surface area contributed by atoms with Gasteiger partial charge in [0.1, 0.15) is 0 Å². The molecule has 0 unspecified atom stereocenters. The number of aliphatic hydroxyl groups excluding tert-OH is 1. The first kappa shape index (κ1) is 30.3. The molecule has 3 aromatic rings. The van der Waals surface area contributed by atoms with Crippen molar-refractivity contribution in [3.05, 3.63) is 88.4 Å². The maximum Gasteiger partial charge on any atom is 0.337 e. The minimum absolute atomic E-state index is 0. The third-order valence-corrected chi connectivity index (χ3v) is 7.52. The number of carbonyl (C=O) groups excluding carboxylic acids is 1. The molecule has 1 amide bonds. The average molecular weight is 567 g/mol. The van der Waals surface area contributed by atoms with Crippen molar-refractivity contribution in [2.24, 2.45) is 0 Å². The molecule has 8 nitrogen and oxygen atoms in total. The molecule has 0 saturated heterocycles. The molecular formula is C26H28Cl2N2O6S. The maximum atomic E-state index is 13.1. The number of hydrogen-bond acceptors (Lipinski definition) is 6. The molecule has 198 valence electrons. The van der Waals surface area contributed by atoms with Gasteiger partial charge in [0, 0.05) is 18.0 Å². The summed E-state index contributed by atoms with van der Waals surface area (Å²) in [6.07, 6.45) is 0.0645. The lowest BCUT2D eigenvalue weighted by Gasteiger charge is -2.13. The standard InChI is InChI=1S/C26H27ClN2O6S.ClH/c1-2-25(31)29-23-11-10-21(15-22(23)26(32)33)36(34,35)20-8-6-17(7-9-20)12-13-28-16-24(30)18-4-3-5-19(27)14-18;/h3-11,14-15,24,28,30H,2,12-13,16H2,1H3,(H,29,31)(H,32,33);1H/t24-;/m0./s1. The van der Waals surface area contributed by atoms with Gasteiger partial charge in [-0.05, 0) is 66.6 Å². The predicted molar refractivity (Wildman–Crippen MR) is 144 cm³/mol. The zero-order chi connectivity index (χ0) is 26.3. The van der Waals surface area contributed by atoms with Gasteiger partial charge in [0.25, 0.3) is 0 Å². The lowest BCUT2D eigenvalue weighted by molar-refractivity contribution is -0.115. The minimum Gasteiger partial charge on any atom is -0.478 e. The first-order chi connectivity index (χ1) is 17.1. The molecule has 0 radical (unpaired) electrons. The number of carboxylic acid groups (broad SMARTS) is 1. The number of sulfone groups is 1. The highest BCUT2D eigenvalue weighted by Crippen LogP contribution is 2.26. The molecule has 4 N–H and O–H groups in total. The highest BCUT2D eigenvalue weighted by molar-refractivity contribution is 7.91. The highest BCUT2D eigenvalue weighted by Gasteiger charge is 2.22. The molecule has 0 aromatic heterocycles. The summed E-state index contributed by atoms with van der Waals surface area (Å²) in [6, 6.07) is 16.9. The van der Waals surface area contributed by atoms with Gasteiger partial charge in [-0.25, -0.2) is 13.2 Å².